The second-order valence-electron chi connectivity index (χ2n) is 5.55. The summed E-state index contributed by atoms with van der Waals surface area (Å²) in [6.07, 6.45) is 5.43. The molecule has 1 aromatic heterocycles. The number of nitrogens with one attached hydrogen (secondary N) is 1. The Bertz CT molecular complexity index is 375. The van der Waals surface area contributed by atoms with Gasteiger partial charge in [0, 0.05) is 24.7 Å². The van der Waals surface area contributed by atoms with E-state index in [-0.39, 0.29) is 0 Å². The molecule has 0 amide bonds. The molecule has 2 rings (SSSR count). The van der Waals surface area contributed by atoms with Gasteiger partial charge in [-0.1, -0.05) is 20.8 Å². The Labute approximate surface area is 110 Å². The van der Waals surface area contributed by atoms with Gasteiger partial charge in [-0.15, -0.1) is 0 Å². The van der Waals surface area contributed by atoms with Crippen LogP contribution in [0.3, 0.4) is 0 Å². The van der Waals surface area contributed by atoms with E-state index in [0.29, 0.717) is 18.1 Å². The molecule has 0 radical (unpaired) electrons. The van der Waals surface area contributed by atoms with E-state index >= 15 is 0 Å². The van der Waals surface area contributed by atoms with Crippen LogP contribution in [0, 0.1) is 0 Å². The van der Waals surface area contributed by atoms with Gasteiger partial charge in [0.1, 0.15) is 6.26 Å². The van der Waals surface area contributed by atoms with Crippen molar-refractivity contribution in [3.8, 4) is 0 Å². The first-order valence-electron chi connectivity index (χ1n) is 7.08. The number of hydrogen-bond acceptors (Lipinski definition) is 4. The molecule has 18 heavy (non-hydrogen) atoms. The maximum absolute atomic E-state index is 5.66. The van der Waals surface area contributed by atoms with Crippen molar-refractivity contribution in [1.82, 2.24) is 10.3 Å². The summed E-state index contributed by atoms with van der Waals surface area (Å²) in [6, 6.07) is 2.40. The van der Waals surface area contributed by atoms with Gasteiger partial charge in [-0.3, -0.25) is 0 Å². The summed E-state index contributed by atoms with van der Waals surface area (Å²) in [7, 11) is 0. The van der Waals surface area contributed by atoms with Crippen LogP contribution in [0.1, 0.15) is 52.7 Å². The zero-order chi connectivity index (χ0) is 13.1. The minimum Gasteiger partial charge on any atom is -0.432 e. The highest BCUT2D eigenvalue weighted by Gasteiger charge is 2.32. The minimum absolute atomic E-state index is 0.472. The molecule has 1 fully saturated rings. The van der Waals surface area contributed by atoms with Gasteiger partial charge in [0.2, 0.25) is 0 Å². The molecule has 102 valence electrons. The molecule has 1 aliphatic heterocycles. The molecule has 4 heteroatoms. The third-order valence-corrected chi connectivity index (χ3v) is 3.71. The van der Waals surface area contributed by atoms with Crippen LogP contribution in [0.5, 0.6) is 0 Å². The third kappa shape index (κ3) is 2.86. The molecule has 2 heterocycles. The number of anilines is 1. The lowest BCUT2D eigenvalue weighted by Gasteiger charge is -2.25. The fraction of sp³-hybridized carbons (Fsp3) is 0.786. The first kappa shape index (κ1) is 13.4. The number of aromatic nitrogens is 1. The Morgan fingerprint density at radius 2 is 2.28 bits per heavy atom. The van der Waals surface area contributed by atoms with E-state index < -0.39 is 0 Å². The molecule has 0 bridgehead atoms. The van der Waals surface area contributed by atoms with E-state index in [2.05, 4.69) is 42.9 Å². The Morgan fingerprint density at radius 1 is 1.50 bits per heavy atom. The lowest BCUT2D eigenvalue weighted by atomic mass is 10.2. The smallest absolute Gasteiger partial charge is 0.297 e. The van der Waals surface area contributed by atoms with Crippen molar-refractivity contribution in [2.75, 3.05) is 4.90 Å². The van der Waals surface area contributed by atoms with Crippen LogP contribution < -0.4 is 10.2 Å². The highest BCUT2D eigenvalue weighted by Crippen LogP contribution is 2.31. The van der Waals surface area contributed by atoms with Crippen molar-refractivity contribution in [3.05, 3.63) is 12.0 Å². The van der Waals surface area contributed by atoms with Crippen LogP contribution in [0.2, 0.25) is 0 Å². The molecule has 2 atom stereocenters. The van der Waals surface area contributed by atoms with E-state index in [1.54, 1.807) is 6.26 Å². The predicted octanol–water partition coefficient (Wildman–Crippen LogP) is 2.94. The van der Waals surface area contributed by atoms with Crippen LogP contribution in [-0.2, 0) is 6.54 Å². The van der Waals surface area contributed by atoms with Crippen molar-refractivity contribution in [2.45, 2.75) is 71.6 Å². The van der Waals surface area contributed by atoms with Crippen LogP contribution in [0.25, 0.3) is 0 Å². The average molecular weight is 251 g/mol. The fourth-order valence-corrected chi connectivity index (χ4v) is 2.62. The molecule has 0 aliphatic carbocycles. The van der Waals surface area contributed by atoms with Gasteiger partial charge >= 0.3 is 0 Å². The fourth-order valence-electron chi connectivity index (χ4n) is 2.62. The quantitative estimate of drug-likeness (QED) is 0.873. The molecular weight excluding hydrogens is 226 g/mol. The summed E-state index contributed by atoms with van der Waals surface area (Å²) in [6.45, 7) is 9.54. The van der Waals surface area contributed by atoms with Crippen LogP contribution in [0.4, 0.5) is 6.01 Å². The van der Waals surface area contributed by atoms with Crippen LogP contribution >= 0.6 is 0 Å². The normalized spacial score (nSPS) is 24.2. The molecular formula is C14H25N3O. The molecule has 0 saturated carbocycles. The standard InChI is InChI=1S/C14H25N3O/c1-5-13-7-6-11(4)17(13)14-16-12(9-18-14)8-15-10(2)3/h9-11,13,15H,5-8H2,1-4H3. The van der Waals surface area contributed by atoms with Crippen molar-refractivity contribution in [2.24, 2.45) is 0 Å². The molecule has 1 aliphatic rings. The Kier molecular flexibility index (Phi) is 4.27. The zero-order valence-electron chi connectivity index (χ0n) is 11.9. The van der Waals surface area contributed by atoms with Gasteiger partial charge in [-0.25, -0.2) is 0 Å². The van der Waals surface area contributed by atoms with Crippen molar-refractivity contribution >= 4 is 6.01 Å². The highest BCUT2D eigenvalue weighted by atomic mass is 16.4. The van der Waals surface area contributed by atoms with Crippen molar-refractivity contribution < 1.29 is 4.42 Å². The number of oxazole rings is 1. The monoisotopic (exact) mass is 251 g/mol. The number of rotatable bonds is 5. The predicted molar refractivity (Wildman–Crippen MR) is 73.7 cm³/mol. The third-order valence-electron chi connectivity index (χ3n) is 3.71. The molecule has 1 aromatic rings. The lowest BCUT2D eigenvalue weighted by Crippen LogP contribution is -2.34. The van der Waals surface area contributed by atoms with E-state index in [0.717, 1.165) is 24.7 Å². The summed E-state index contributed by atoms with van der Waals surface area (Å²) < 4.78 is 5.66. The Balaban J connectivity index is 2.04. The zero-order valence-corrected chi connectivity index (χ0v) is 11.9. The van der Waals surface area contributed by atoms with Gasteiger partial charge in [0.15, 0.2) is 0 Å². The Hall–Kier alpha value is -1.03. The summed E-state index contributed by atoms with van der Waals surface area (Å²) in [5, 5.41) is 3.36. The molecule has 1 saturated heterocycles. The minimum atomic E-state index is 0.472. The molecule has 4 nitrogen and oxygen atoms in total. The first-order valence-corrected chi connectivity index (χ1v) is 7.08. The van der Waals surface area contributed by atoms with Gasteiger partial charge in [0.25, 0.3) is 6.01 Å². The van der Waals surface area contributed by atoms with Crippen molar-refractivity contribution in [3.63, 3.8) is 0 Å². The van der Waals surface area contributed by atoms with E-state index in [4.69, 9.17) is 4.42 Å². The first-order chi connectivity index (χ1) is 8.61. The number of hydrogen-bond donors (Lipinski definition) is 1. The maximum Gasteiger partial charge on any atom is 0.297 e. The molecule has 1 N–H and O–H groups in total. The van der Waals surface area contributed by atoms with Crippen LogP contribution in [0.15, 0.2) is 10.7 Å². The molecule has 0 aromatic carbocycles. The number of nitrogens with zero attached hydrogens (tertiary/aromatic N) is 2. The van der Waals surface area contributed by atoms with Crippen molar-refractivity contribution in [1.29, 1.82) is 0 Å². The van der Waals surface area contributed by atoms with E-state index in [1.807, 2.05) is 0 Å². The van der Waals surface area contributed by atoms with E-state index in [1.165, 1.54) is 12.8 Å². The summed E-state index contributed by atoms with van der Waals surface area (Å²) in [5.74, 6) is 0. The summed E-state index contributed by atoms with van der Waals surface area (Å²) >= 11 is 0. The topological polar surface area (TPSA) is 41.3 Å². The Morgan fingerprint density at radius 3 is 2.94 bits per heavy atom. The summed E-state index contributed by atoms with van der Waals surface area (Å²) in [4.78, 5) is 6.96. The molecule has 0 spiro atoms. The second kappa shape index (κ2) is 5.74. The maximum atomic E-state index is 5.66. The molecule has 2 unspecified atom stereocenters. The van der Waals surface area contributed by atoms with Gasteiger partial charge in [0.05, 0.1) is 5.69 Å². The SMILES string of the molecule is CCC1CCC(C)N1c1nc(CNC(C)C)co1. The van der Waals surface area contributed by atoms with Gasteiger partial charge in [-0.05, 0) is 26.2 Å². The van der Waals surface area contributed by atoms with Crippen LogP contribution in [-0.4, -0.2) is 23.1 Å². The largest absolute Gasteiger partial charge is 0.432 e. The highest BCUT2D eigenvalue weighted by molar-refractivity contribution is 5.33. The van der Waals surface area contributed by atoms with E-state index in [9.17, 15) is 0 Å². The van der Waals surface area contributed by atoms with Gasteiger partial charge < -0.3 is 14.6 Å². The average Bonchev–Trinajstić information content (AvgIpc) is 2.92. The van der Waals surface area contributed by atoms with Gasteiger partial charge in [-0.2, -0.15) is 4.98 Å². The lowest BCUT2D eigenvalue weighted by molar-refractivity contribution is 0.497. The second-order valence-corrected chi connectivity index (χ2v) is 5.55. The summed E-state index contributed by atoms with van der Waals surface area (Å²) in [5.41, 5.74) is 0.993.